The normalized spacial score (nSPS) is 21.2. The van der Waals surface area contributed by atoms with Gasteiger partial charge >= 0.3 is 0 Å². The van der Waals surface area contributed by atoms with Gasteiger partial charge in [0.1, 0.15) is 0 Å². The fraction of sp³-hybridized carbons (Fsp3) is 0.857. The third kappa shape index (κ3) is 3.55. The van der Waals surface area contributed by atoms with Gasteiger partial charge in [-0.2, -0.15) is 0 Å². The molecule has 0 aromatic carbocycles. The van der Waals surface area contributed by atoms with E-state index in [1.807, 2.05) is 13.8 Å². The third-order valence-corrected chi connectivity index (χ3v) is 3.37. The molecule has 0 aromatic rings. The zero-order valence-corrected chi connectivity index (χ0v) is 12.2. The summed E-state index contributed by atoms with van der Waals surface area (Å²) in [6.45, 7) is 11.1. The minimum atomic E-state index is -0.322. The summed E-state index contributed by atoms with van der Waals surface area (Å²) in [4.78, 5) is 25.7. The Morgan fingerprint density at radius 1 is 1.28 bits per heavy atom. The highest BCUT2D eigenvalue weighted by molar-refractivity contribution is 6.05. The summed E-state index contributed by atoms with van der Waals surface area (Å²) >= 11 is 0. The summed E-state index contributed by atoms with van der Waals surface area (Å²) < 4.78 is 0. The van der Waals surface area contributed by atoms with Crippen LogP contribution in [0.15, 0.2) is 0 Å². The molecule has 0 aromatic heterocycles. The van der Waals surface area contributed by atoms with Gasteiger partial charge in [-0.25, -0.2) is 0 Å². The first-order valence-corrected chi connectivity index (χ1v) is 6.89. The van der Waals surface area contributed by atoms with Crippen molar-refractivity contribution in [1.82, 2.24) is 10.2 Å². The van der Waals surface area contributed by atoms with Crippen molar-refractivity contribution in [3.63, 3.8) is 0 Å². The zero-order chi connectivity index (χ0) is 13.9. The molecule has 1 atom stereocenters. The van der Waals surface area contributed by atoms with E-state index in [0.717, 1.165) is 19.4 Å². The minimum Gasteiger partial charge on any atom is -0.305 e. The van der Waals surface area contributed by atoms with Gasteiger partial charge in [0.2, 0.25) is 11.8 Å². The highest BCUT2D eigenvalue weighted by Gasteiger charge is 2.41. The van der Waals surface area contributed by atoms with Gasteiger partial charge in [0.05, 0.1) is 12.5 Å². The molecule has 0 aliphatic carbocycles. The summed E-state index contributed by atoms with van der Waals surface area (Å²) in [7, 11) is 0. The highest BCUT2D eigenvalue weighted by atomic mass is 16.2. The van der Waals surface area contributed by atoms with Gasteiger partial charge in [-0.1, -0.05) is 34.6 Å². The average molecular weight is 254 g/mol. The molecule has 0 bridgehead atoms. The second kappa shape index (κ2) is 5.83. The van der Waals surface area contributed by atoms with E-state index in [0.29, 0.717) is 6.42 Å². The molecule has 104 valence electrons. The van der Waals surface area contributed by atoms with Crippen LogP contribution in [0.4, 0.5) is 0 Å². The molecule has 1 rings (SSSR count). The number of amides is 2. The maximum Gasteiger partial charge on any atom is 0.247 e. The van der Waals surface area contributed by atoms with Gasteiger partial charge in [0.25, 0.3) is 0 Å². The molecule has 0 saturated carbocycles. The fourth-order valence-electron chi connectivity index (χ4n) is 2.28. The van der Waals surface area contributed by atoms with Crippen molar-refractivity contribution in [3.8, 4) is 0 Å². The lowest BCUT2D eigenvalue weighted by Gasteiger charge is -2.25. The van der Waals surface area contributed by atoms with E-state index < -0.39 is 0 Å². The quantitative estimate of drug-likeness (QED) is 0.763. The average Bonchev–Trinajstić information content (AvgIpc) is 2.54. The van der Waals surface area contributed by atoms with Crippen molar-refractivity contribution in [1.29, 1.82) is 0 Å². The zero-order valence-electron chi connectivity index (χ0n) is 12.2. The van der Waals surface area contributed by atoms with E-state index in [-0.39, 0.29) is 29.3 Å². The third-order valence-electron chi connectivity index (χ3n) is 3.37. The second-order valence-electron chi connectivity index (χ2n) is 6.27. The Hall–Kier alpha value is -0.900. The Morgan fingerprint density at radius 2 is 1.83 bits per heavy atom. The predicted molar refractivity (Wildman–Crippen MR) is 72.1 cm³/mol. The first-order chi connectivity index (χ1) is 8.30. The Labute approximate surface area is 110 Å². The molecule has 1 unspecified atom stereocenters. The predicted octanol–water partition coefficient (Wildman–Crippen LogP) is 1.94. The molecule has 18 heavy (non-hydrogen) atoms. The van der Waals surface area contributed by atoms with E-state index in [9.17, 15) is 9.59 Å². The van der Waals surface area contributed by atoms with Gasteiger partial charge < -0.3 is 5.32 Å². The monoisotopic (exact) mass is 254 g/mol. The van der Waals surface area contributed by atoms with E-state index in [4.69, 9.17) is 0 Å². The second-order valence-corrected chi connectivity index (χ2v) is 6.27. The Kier molecular flexibility index (Phi) is 4.91. The van der Waals surface area contributed by atoms with Gasteiger partial charge in [0, 0.05) is 12.6 Å². The van der Waals surface area contributed by atoms with Crippen molar-refractivity contribution >= 4 is 11.8 Å². The van der Waals surface area contributed by atoms with Crippen molar-refractivity contribution in [2.75, 3.05) is 6.54 Å². The molecule has 1 saturated heterocycles. The van der Waals surface area contributed by atoms with Crippen molar-refractivity contribution < 1.29 is 9.59 Å². The lowest BCUT2D eigenvalue weighted by Crippen LogP contribution is -2.45. The first-order valence-electron chi connectivity index (χ1n) is 6.89. The van der Waals surface area contributed by atoms with Crippen LogP contribution in [0, 0.1) is 5.41 Å². The number of likely N-dealkylation sites (tertiary alicyclic amines) is 1. The maximum absolute atomic E-state index is 12.2. The Bertz CT molecular complexity index is 316. The van der Waals surface area contributed by atoms with E-state index >= 15 is 0 Å². The van der Waals surface area contributed by atoms with Crippen molar-refractivity contribution in [3.05, 3.63) is 0 Å². The molecule has 1 aliphatic rings. The van der Waals surface area contributed by atoms with Crippen LogP contribution in [0.5, 0.6) is 0 Å². The van der Waals surface area contributed by atoms with Crippen LogP contribution in [0.1, 0.15) is 53.9 Å². The van der Waals surface area contributed by atoms with Crippen LogP contribution in [0.2, 0.25) is 0 Å². The number of nitrogens with one attached hydrogen (secondary N) is 1. The SMILES string of the molecule is CCC(CC)N1C(=O)CC(NCC(C)(C)C)C1=O. The number of carbonyl (C=O) groups excluding carboxylic acids is 2. The summed E-state index contributed by atoms with van der Waals surface area (Å²) in [5.41, 5.74) is 0.117. The lowest BCUT2D eigenvalue weighted by molar-refractivity contribution is -0.141. The first kappa shape index (κ1) is 15.2. The number of hydrogen-bond acceptors (Lipinski definition) is 3. The standard InChI is InChI=1S/C14H26N2O2/c1-6-10(7-2)16-12(17)8-11(13(16)18)15-9-14(3,4)5/h10-11,15H,6-9H2,1-5H3. The number of nitrogens with zero attached hydrogens (tertiary/aromatic N) is 1. The maximum atomic E-state index is 12.2. The Morgan fingerprint density at radius 3 is 2.28 bits per heavy atom. The lowest BCUT2D eigenvalue weighted by atomic mass is 9.96. The van der Waals surface area contributed by atoms with Crippen LogP contribution in [-0.4, -0.2) is 35.3 Å². The van der Waals surface area contributed by atoms with Gasteiger partial charge in [-0.15, -0.1) is 0 Å². The molecular weight excluding hydrogens is 228 g/mol. The molecule has 4 nitrogen and oxygen atoms in total. The number of hydrogen-bond donors (Lipinski definition) is 1. The van der Waals surface area contributed by atoms with Crippen molar-refractivity contribution in [2.45, 2.75) is 66.0 Å². The molecule has 1 heterocycles. The van der Waals surface area contributed by atoms with Crippen LogP contribution in [-0.2, 0) is 9.59 Å². The molecular formula is C14H26N2O2. The number of rotatable bonds is 5. The molecule has 0 spiro atoms. The van der Waals surface area contributed by atoms with Gasteiger partial charge in [0.15, 0.2) is 0 Å². The topological polar surface area (TPSA) is 49.4 Å². The van der Waals surface area contributed by atoms with Gasteiger partial charge in [-0.05, 0) is 18.3 Å². The van der Waals surface area contributed by atoms with Gasteiger partial charge in [-0.3, -0.25) is 14.5 Å². The molecule has 1 N–H and O–H groups in total. The largest absolute Gasteiger partial charge is 0.305 e. The summed E-state index contributed by atoms with van der Waals surface area (Å²) in [6, 6.07) is -0.260. The van der Waals surface area contributed by atoms with Crippen LogP contribution in [0.25, 0.3) is 0 Å². The minimum absolute atomic E-state index is 0.0277. The number of imide groups is 1. The van der Waals surface area contributed by atoms with Crippen molar-refractivity contribution in [2.24, 2.45) is 5.41 Å². The molecule has 0 radical (unpaired) electrons. The van der Waals surface area contributed by atoms with Crippen LogP contribution < -0.4 is 5.32 Å². The summed E-state index contributed by atoms with van der Waals surface area (Å²) in [6.07, 6.45) is 1.98. The van der Waals surface area contributed by atoms with E-state index in [1.54, 1.807) is 0 Å². The van der Waals surface area contributed by atoms with Crippen LogP contribution >= 0.6 is 0 Å². The van der Waals surface area contributed by atoms with E-state index in [1.165, 1.54) is 4.90 Å². The highest BCUT2D eigenvalue weighted by Crippen LogP contribution is 2.21. The summed E-state index contributed by atoms with van der Waals surface area (Å²) in [5.74, 6) is -0.0712. The molecule has 4 heteroatoms. The summed E-state index contributed by atoms with van der Waals surface area (Å²) in [5, 5.41) is 3.22. The fourth-order valence-corrected chi connectivity index (χ4v) is 2.28. The number of carbonyl (C=O) groups is 2. The van der Waals surface area contributed by atoms with Crippen LogP contribution in [0.3, 0.4) is 0 Å². The van der Waals surface area contributed by atoms with E-state index in [2.05, 4.69) is 26.1 Å². The molecule has 2 amide bonds. The molecule has 1 aliphatic heterocycles. The molecule has 1 fully saturated rings. The smallest absolute Gasteiger partial charge is 0.247 e. The Balaban J connectivity index is 2.66.